The molecule has 1 aromatic carbocycles. The van der Waals surface area contributed by atoms with E-state index in [1.165, 1.54) is 0 Å². The second-order valence-corrected chi connectivity index (χ2v) is 4.06. The molecule has 1 fully saturated rings. The third-order valence-electron chi connectivity index (χ3n) is 2.79. The van der Waals surface area contributed by atoms with Gasteiger partial charge in [0.1, 0.15) is 12.0 Å². The number of carbonyl (C=O) groups excluding carboxylic acids is 1. The van der Waals surface area contributed by atoms with Crippen LogP contribution in [0.25, 0.3) is 0 Å². The molecule has 0 spiro atoms. The minimum atomic E-state index is -0.240. The van der Waals surface area contributed by atoms with Crippen molar-refractivity contribution in [3.63, 3.8) is 0 Å². The molecule has 1 unspecified atom stereocenters. The molecule has 0 saturated carbocycles. The van der Waals surface area contributed by atoms with E-state index in [2.05, 4.69) is 0 Å². The van der Waals surface area contributed by atoms with Crippen LogP contribution in [0.15, 0.2) is 18.2 Å². The standard InChI is InChI=1S/C13H16O4/c14-8-10-4-5-12(11(7-10)9-15)17-13-3-1-2-6-16-13/h4-5,7-8,13,15H,1-3,6,9H2. The first-order chi connectivity index (χ1) is 8.33. The van der Waals surface area contributed by atoms with Crippen LogP contribution >= 0.6 is 0 Å². The topological polar surface area (TPSA) is 55.8 Å². The van der Waals surface area contributed by atoms with Crippen molar-refractivity contribution in [1.82, 2.24) is 0 Å². The summed E-state index contributed by atoms with van der Waals surface area (Å²) in [5.41, 5.74) is 1.15. The van der Waals surface area contributed by atoms with E-state index in [0.717, 1.165) is 25.5 Å². The monoisotopic (exact) mass is 236 g/mol. The summed E-state index contributed by atoms with van der Waals surface area (Å²) in [5, 5.41) is 9.23. The largest absolute Gasteiger partial charge is 0.465 e. The Morgan fingerprint density at radius 2 is 2.35 bits per heavy atom. The van der Waals surface area contributed by atoms with E-state index < -0.39 is 0 Å². The first-order valence-electron chi connectivity index (χ1n) is 5.80. The molecular weight excluding hydrogens is 220 g/mol. The van der Waals surface area contributed by atoms with Gasteiger partial charge in [0.15, 0.2) is 6.29 Å². The summed E-state index contributed by atoms with van der Waals surface area (Å²) in [6.07, 6.45) is 3.53. The van der Waals surface area contributed by atoms with E-state index in [1.807, 2.05) is 0 Å². The van der Waals surface area contributed by atoms with E-state index in [4.69, 9.17) is 9.47 Å². The highest BCUT2D eigenvalue weighted by Gasteiger charge is 2.16. The Morgan fingerprint density at radius 1 is 1.47 bits per heavy atom. The molecule has 1 N–H and O–H groups in total. The minimum Gasteiger partial charge on any atom is -0.465 e. The average molecular weight is 236 g/mol. The van der Waals surface area contributed by atoms with Crippen LogP contribution in [0.1, 0.15) is 35.2 Å². The van der Waals surface area contributed by atoms with E-state index >= 15 is 0 Å². The van der Waals surface area contributed by atoms with Gasteiger partial charge in [0.2, 0.25) is 0 Å². The van der Waals surface area contributed by atoms with Gasteiger partial charge in [-0.3, -0.25) is 4.79 Å². The lowest BCUT2D eigenvalue weighted by atomic mass is 10.1. The number of aldehydes is 1. The van der Waals surface area contributed by atoms with Crippen molar-refractivity contribution in [1.29, 1.82) is 0 Å². The van der Waals surface area contributed by atoms with Crippen LogP contribution in [-0.2, 0) is 11.3 Å². The summed E-state index contributed by atoms with van der Waals surface area (Å²) < 4.78 is 11.1. The molecule has 4 nitrogen and oxygen atoms in total. The molecule has 1 atom stereocenters. The fraction of sp³-hybridized carbons (Fsp3) is 0.462. The van der Waals surface area contributed by atoms with Gasteiger partial charge in [-0.25, -0.2) is 0 Å². The lowest BCUT2D eigenvalue weighted by Gasteiger charge is -2.24. The number of hydrogen-bond donors (Lipinski definition) is 1. The van der Waals surface area contributed by atoms with Gasteiger partial charge in [0.05, 0.1) is 13.2 Å². The number of carbonyl (C=O) groups is 1. The SMILES string of the molecule is O=Cc1ccc(OC2CCCCO2)c(CO)c1. The number of ether oxygens (including phenoxy) is 2. The van der Waals surface area contributed by atoms with E-state index in [-0.39, 0.29) is 12.9 Å². The molecule has 1 heterocycles. The van der Waals surface area contributed by atoms with Gasteiger partial charge in [-0.2, -0.15) is 0 Å². The highest BCUT2D eigenvalue weighted by atomic mass is 16.7. The maximum Gasteiger partial charge on any atom is 0.199 e. The zero-order chi connectivity index (χ0) is 12.1. The second-order valence-electron chi connectivity index (χ2n) is 4.06. The van der Waals surface area contributed by atoms with Gasteiger partial charge in [0, 0.05) is 17.5 Å². The summed E-state index contributed by atoms with van der Waals surface area (Å²) in [7, 11) is 0. The van der Waals surface area contributed by atoms with Gasteiger partial charge in [-0.05, 0) is 31.0 Å². The molecule has 1 saturated heterocycles. The minimum absolute atomic E-state index is 0.149. The van der Waals surface area contributed by atoms with Crippen LogP contribution in [0.3, 0.4) is 0 Å². The maximum absolute atomic E-state index is 10.6. The summed E-state index contributed by atoms with van der Waals surface area (Å²) in [6, 6.07) is 5.00. The van der Waals surface area contributed by atoms with Gasteiger partial charge >= 0.3 is 0 Å². The Morgan fingerprint density at radius 3 is 3.00 bits per heavy atom. The van der Waals surface area contributed by atoms with Crippen molar-refractivity contribution >= 4 is 6.29 Å². The first kappa shape index (κ1) is 12.1. The molecule has 1 aliphatic heterocycles. The molecule has 0 aliphatic carbocycles. The zero-order valence-electron chi connectivity index (χ0n) is 9.59. The normalized spacial score (nSPS) is 19.9. The number of aliphatic hydroxyl groups excluding tert-OH is 1. The molecule has 1 aliphatic rings. The van der Waals surface area contributed by atoms with Crippen LogP contribution in [0.2, 0.25) is 0 Å². The third kappa shape index (κ3) is 3.05. The summed E-state index contributed by atoms with van der Waals surface area (Å²) >= 11 is 0. The van der Waals surface area contributed by atoms with Crippen molar-refractivity contribution in [2.45, 2.75) is 32.2 Å². The first-order valence-corrected chi connectivity index (χ1v) is 5.80. The zero-order valence-corrected chi connectivity index (χ0v) is 9.59. The molecule has 92 valence electrons. The molecule has 0 bridgehead atoms. The van der Waals surface area contributed by atoms with Gasteiger partial charge in [-0.15, -0.1) is 0 Å². The number of rotatable bonds is 4. The summed E-state index contributed by atoms with van der Waals surface area (Å²) in [4.78, 5) is 10.6. The lowest BCUT2D eigenvalue weighted by Crippen LogP contribution is -2.25. The van der Waals surface area contributed by atoms with Crippen molar-refractivity contribution in [3.05, 3.63) is 29.3 Å². The van der Waals surface area contributed by atoms with Crippen LogP contribution in [0.4, 0.5) is 0 Å². The summed E-state index contributed by atoms with van der Waals surface area (Å²) in [5.74, 6) is 0.588. The maximum atomic E-state index is 10.6. The van der Waals surface area contributed by atoms with E-state index in [0.29, 0.717) is 23.5 Å². The predicted octanol–water partition coefficient (Wildman–Crippen LogP) is 1.90. The van der Waals surface area contributed by atoms with Crippen molar-refractivity contribution < 1.29 is 19.4 Å². The Balaban J connectivity index is 2.10. The fourth-order valence-electron chi connectivity index (χ4n) is 1.86. The average Bonchev–Trinajstić information content (AvgIpc) is 2.40. The van der Waals surface area contributed by atoms with Gasteiger partial charge in [0.25, 0.3) is 0 Å². The molecule has 17 heavy (non-hydrogen) atoms. The Hall–Kier alpha value is -1.39. The fourth-order valence-corrected chi connectivity index (χ4v) is 1.86. The molecule has 2 rings (SSSR count). The van der Waals surface area contributed by atoms with Crippen LogP contribution in [-0.4, -0.2) is 24.3 Å². The quantitative estimate of drug-likeness (QED) is 0.811. The number of aliphatic hydroxyl groups is 1. The van der Waals surface area contributed by atoms with Crippen LogP contribution in [0, 0.1) is 0 Å². The van der Waals surface area contributed by atoms with Crippen LogP contribution in [0.5, 0.6) is 5.75 Å². The molecule has 1 aromatic rings. The lowest BCUT2D eigenvalue weighted by molar-refractivity contribution is -0.106. The van der Waals surface area contributed by atoms with Crippen molar-refractivity contribution in [3.8, 4) is 5.75 Å². The summed E-state index contributed by atoms with van der Waals surface area (Å²) in [6.45, 7) is 0.565. The van der Waals surface area contributed by atoms with Gasteiger partial charge < -0.3 is 14.6 Å². The van der Waals surface area contributed by atoms with Crippen LogP contribution < -0.4 is 4.74 Å². The molecule has 4 heteroatoms. The molecule has 0 aromatic heterocycles. The molecular formula is C13H16O4. The van der Waals surface area contributed by atoms with E-state index in [1.54, 1.807) is 18.2 Å². The number of hydrogen-bond acceptors (Lipinski definition) is 4. The van der Waals surface area contributed by atoms with Crippen molar-refractivity contribution in [2.24, 2.45) is 0 Å². The van der Waals surface area contributed by atoms with E-state index in [9.17, 15) is 9.90 Å². The molecule has 0 amide bonds. The third-order valence-corrected chi connectivity index (χ3v) is 2.79. The van der Waals surface area contributed by atoms with Gasteiger partial charge in [-0.1, -0.05) is 0 Å². The smallest absolute Gasteiger partial charge is 0.199 e. The highest BCUT2D eigenvalue weighted by molar-refractivity contribution is 5.75. The Bertz CT molecular complexity index is 383. The highest BCUT2D eigenvalue weighted by Crippen LogP contribution is 2.24. The second kappa shape index (κ2) is 5.80. The number of benzene rings is 1. The Labute approximate surface area is 100 Å². The predicted molar refractivity (Wildman–Crippen MR) is 62.0 cm³/mol. The van der Waals surface area contributed by atoms with Crippen molar-refractivity contribution in [2.75, 3.05) is 6.61 Å². The Kier molecular flexibility index (Phi) is 4.12. The molecule has 0 radical (unpaired) electrons.